The summed E-state index contributed by atoms with van der Waals surface area (Å²) in [5, 5.41) is 28.6. The molecule has 0 amide bonds. The predicted molar refractivity (Wildman–Crippen MR) is 118 cm³/mol. The second kappa shape index (κ2) is 14.0. The number of phenolic OH excluding ortho intramolecular Hbond substituents is 1. The molecule has 0 radical (unpaired) electrons. The van der Waals surface area contributed by atoms with Crippen molar-refractivity contribution in [1.29, 1.82) is 0 Å². The lowest BCUT2D eigenvalue weighted by Gasteiger charge is -2.24. The van der Waals surface area contributed by atoms with Gasteiger partial charge in [0.1, 0.15) is 5.75 Å². The van der Waals surface area contributed by atoms with Gasteiger partial charge in [0, 0.05) is 18.7 Å². The minimum absolute atomic E-state index is 0.100. The van der Waals surface area contributed by atoms with Gasteiger partial charge in [0.15, 0.2) is 0 Å². The molecule has 0 bridgehead atoms. The SMILES string of the molecule is CCCCCCCCCc1ccc(O)c(CN(C)CC(=O)O)c1CN(C)CC(=O)O. The standard InChI is InChI=1S/C23H38N2O5/c1-4-5-6-7-8-9-10-11-18-12-13-21(26)20(15-25(3)17-23(29)30)19(18)14-24(2)16-22(27)28/h12-13,26H,4-11,14-17H2,1-3H3,(H,27,28)(H,29,30). The van der Waals surface area contributed by atoms with Crippen molar-refractivity contribution in [3.8, 4) is 5.75 Å². The van der Waals surface area contributed by atoms with Gasteiger partial charge in [-0.3, -0.25) is 19.4 Å². The number of aromatic hydroxyl groups is 1. The van der Waals surface area contributed by atoms with Gasteiger partial charge in [0.2, 0.25) is 0 Å². The number of carboxylic acids is 2. The minimum atomic E-state index is -0.930. The highest BCUT2D eigenvalue weighted by atomic mass is 16.4. The number of phenols is 1. The Balaban J connectivity index is 2.94. The number of carbonyl (C=O) groups is 2. The van der Waals surface area contributed by atoms with E-state index in [-0.39, 0.29) is 18.8 Å². The Labute approximate surface area is 180 Å². The van der Waals surface area contributed by atoms with Gasteiger partial charge in [-0.2, -0.15) is 0 Å². The van der Waals surface area contributed by atoms with Crippen LogP contribution in [0.4, 0.5) is 0 Å². The van der Waals surface area contributed by atoms with E-state index < -0.39 is 11.9 Å². The van der Waals surface area contributed by atoms with Crippen molar-refractivity contribution in [3.63, 3.8) is 0 Å². The third-order valence-electron chi connectivity index (χ3n) is 5.22. The highest BCUT2D eigenvalue weighted by Gasteiger charge is 2.18. The summed E-state index contributed by atoms with van der Waals surface area (Å²) in [5.41, 5.74) is 2.68. The summed E-state index contributed by atoms with van der Waals surface area (Å²) in [7, 11) is 3.43. The fourth-order valence-electron chi connectivity index (χ4n) is 3.72. The molecule has 0 atom stereocenters. The van der Waals surface area contributed by atoms with Crippen LogP contribution in [0, 0.1) is 0 Å². The molecule has 0 aliphatic heterocycles. The molecule has 1 aromatic rings. The van der Waals surface area contributed by atoms with Crippen LogP contribution in [0.5, 0.6) is 5.75 Å². The third kappa shape index (κ3) is 10.1. The van der Waals surface area contributed by atoms with E-state index in [4.69, 9.17) is 10.2 Å². The Morgan fingerprint density at radius 1 is 0.800 bits per heavy atom. The number of rotatable bonds is 16. The van der Waals surface area contributed by atoms with Crippen molar-refractivity contribution < 1.29 is 24.9 Å². The van der Waals surface area contributed by atoms with E-state index in [1.54, 1.807) is 30.0 Å². The first-order valence-electron chi connectivity index (χ1n) is 10.9. The van der Waals surface area contributed by atoms with Gasteiger partial charge in [0.25, 0.3) is 0 Å². The topological polar surface area (TPSA) is 101 Å². The summed E-state index contributed by atoms with van der Waals surface area (Å²) >= 11 is 0. The summed E-state index contributed by atoms with van der Waals surface area (Å²) in [6, 6.07) is 3.58. The number of hydrogen-bond acceptors (Lipinski definition) is 5. The lowest BCUT2D eigenvalue weighted by atomic mass is 9.94. The number of aliphatic carboxylic acids is 2. The monoisotopic (exact) mass is 422 g/mol. The highest BCUT2D eigenvalue weighted by molar-refractivity contribution is 5.69. The van der Waals surface area contributed by atoms with Gasteiger partial charge in [-0.25, -0.2) is 0 Å². The first-order chi connectivity index (χ1) is 14.2. The van der Waals surface area contributed by atoms with Crippen LogP contribution in [0.3, 0.4) is 0 Å². The van der Waals surface area contributed by atoms with Crippen molar-refractivity contribution in [2.75, 3.05) is 27.2 Å². The molecule has 30 heavy (non-hydrogen) atoms. The molecule has 7 heteroatoms. The molecule has 0 fully saturated rings. The number of carboxylic acid groups (broad SMARTS) is 2. The van der Waals surface area contributed by atoms with E-state index in [0.29, 0.717) is 18.7 Å². The molecular weight excluding hydrogens is 384 g/mol. The molecule has 0 heterocycles. The second-order valence-electron chi connectivity index (χ2n) is 8.20. The third-order valence-corrected chi connectivity index (χ3v) is 5.22. The average Bonchev–Trinajstić information content (AvgIpc) is 2.64. The van der Waals surface area contributed by atoms with E-state index in [0.717, 1.165) is 30.4 Å². The molecule has 0 saturated carbocycles. The van der Waals surface area contributed by atoms with E-state index in [9.17, 15) is 14.7 Å². The number of unbranched alkanes of at least 4 members (excludes halogenated alkanes) is 6. The lowest BCUT2D eigenvalue weighted by molar-refractivity contribution is -0.139. The number of hydrogen-bond donors (Lipinski definition) is 3. The number of aryl methyl sites for hydroxylation is 1. The Bertz CT molecular complexity index is 678. The van der Waals surface area contributed by atoms with Crippen LogP contribution in [0.1, 0.15) is 68.6 Å². The summed E-state index contributed by atoms with van der Waals surface area (Å²) in [6.07, 6.45) is 9.30. The zero-order valence-electron chi connectivity index (χ0n) is 18.7. The van der Waals surface area contributed by atoms with Gasteiger partial charge in [0.05, 0.1) is 13.1 Å². The van der Waals surface area contributed by atoms with Gasteiger partial charge in [-0.05, 0) is 44.1 Å². The lowest BCUT2D eigenvalue weighted by Crippen LogP contribution is -2.28. The smallest absolute Gasteiger partial charge is 0.317 e. The summed E-state index contributed by atoms with van der Waals surface area (Å²) in [5.74, 6) is -1.72. The maximum absolute atomic E-state index is 11.1. The van der Waals surface area contributed by atoms with Gasteiger partial charge in [-0.1, -0.05) is 51.5 Å². The molecule has 0 aliphatic rings. The summed E-state index contributed by atoms with van der Waals surface area (Å²) in [6.45, 7) is 2.66. The first-order valence-corrected chi connectivity index (χ1v) is 10.9. The molecule has 0 aromatic heterocycles. The Morgan fingerprint density at radius 2 is 1.30 bits per heavy atom. The molecule has 0 spiro atoms. The molecule has 170 valence electrons. The number of likely N-dealkylation sites (N-methyl/N-ethyl adjacent to an activating group) is 2. The second-order valence-corrected chi connectivity index (χ2v) is 8.20. The van der Waals surface area contributed by atoms with Crippen LogP contribution in [0.15, 0.2) is 12.1 Å². The van der Waals surface area contributed by atoms with E-state index in [1.165, 1.54) is 32.1 Å². The average molecular weight is 423 g/mol. The summed E-state index contributed by atoms with van der Waals surface area (Å²) < 4.78 is 0. The molecule has 7 nitrogen and oxygen atoms in total. The van der Waals surface area contributed by atoms with Crippen LogP contribution in [-0.2, 0) is 29.1 Å². The summed E-state index contributed by atoms with van der Waals surface area (Å²) in [4.78, 5) is 25.5. The Hall–Kier alpha value is -2.12. The van der Waals surface area contributed by atoms with Crippen molar-refractivity contribution in [3.05, 3.63) is 28.8 Å². The fraction of sp³-hybridized carbons (Fsp3) is 0.652. The van der Waals surface area contributed by atoms with E-state index in [2.05, 4.69) is 6.92 Å². The van der Waals surface area contributed by atoms with Crippen LogP contribution in [0.2, 0.25) is 0 Å². The molecular formula is C23H38N2O5. The Morgan fingerprint density at radius 3 is 1.83 bits per heavy atom. The van der Waals surface area contributed by atoms with Crippen LogP contribution in [0.25, 0.3) is 0 Å². The molecule has 1 aromatic carbocycles. The quantitative estimate of drug-likeness (QED) is 0.349. The van der Waals surface area contributed by atoms with E-state index in [1.807, 2.05) is 6.07 Å². The Kier molecular flexibility index (Phi) is 12.1. The molecule has 3 N–H and O–H groups in total. The van der Waals surface area contributed by atoms with Crippen LogP contribution in [-0.4, -0.2) is 64.2 Å². The minimum Gasteiger partial charge on any atom is -0.508 e. The maximum Gasteiger partial charge on any atom is 0.317 e. The van der Waals surface area contributed by atoms with Gasteiger partial charge >= 0.3 is 11.9 Å². The molecule has 0 saturated heterocycles. The van der Waals surface area contributed by atoms with Crippen molar-refractivity contribution >= 4 is 11.9 Å². The highest BCUT2D eigenvalue weighted by Crippen LogP contribution is 2.28. The molecule has 1 rings (SSSR count). The first kappa shape index (κ1) is 25.9. The van der Waals surface area contributed by atoms with Crippen molar-refractivity contribution in [2.24, 2.45) is 0 Å². The maximum atomic E-state index is 11.1. The van der Waals surface area contributed by atoms with Crippen LogP contribution < -0.4 is 0 Å². The number of nitrogens with zero attached hydrogens (tertiary/aromatic N) is 2. The fourth-order valence-corrected chi connectivity index (χ4v) is 3.72. The molecule has 0 aliphatic carbocycles. The van der Waals surface area contributed by atoms with Crippen molar-refractivity contribution in [1.82, 2.24) is 9.80 Å². The zero-order chi connectivity index (χ0) is 22.5. The predicted octanol–water partition coefficient (Wildman–Crippen LogP) is 3.72. The largest absolute Gasteiger partial charge is 0.508 e. The van der Waals surface area contributed by atoms with E-state index >= 15 is 0 Å². The normalized spacial score (nSPS) is 11.4. The molecule has 0 unspecified atom stereocenters. The zero-order valence-corrected chi connectivity index (χ0v) is 18.7. The van der Waals surface area contributed by atoms with Crippen LogP contribution >= 0.6 is 0 Å². The van der Waals surface area contributed by atoms with Gasteiger partial charge < -0.3 is 15.3 Å². The van der Waals surface area contributed by atoms with Crippen molar-refractivity contribution in [2.45, 2.75) is 71.4 Å². The number of benzene rings is 1. The van der Waals surface area contributed by atoms with Gasteiger partial charge in [-0.15, -0.1) is 0 Å².